The van der Waals surface area contributed by atoms with E-state index in [1.807, 2.05) is 6.08 Å². The van der Waals surface area contributed by atoms with Crippen molar-refractivity contribution in [3.8, 4) is 0 Å². The fraction of sp³-hybridized carbons (Fsp3) is 0.333. The lowest BCUT2D eigenvalue weighted by Gasteiger charge is -1.97. The Morgan fingerprint density at radius 2 is 2.42 bits per heavy atom. The molecule has 0 amide bonds. The molecule has 0 unspecified atom stereocenters. The van der Waals surface area contributed by atoms with Gasteiger partial charge in [0.2, 0.25) is 0 Å². The monoisotopic (exact) mass is 163 g/mol. The first-order valence-corrected chi connectivity index (χ1v) is 3.70. The predicted molar refractivity (Wildman–Crippen MR) is 44.3 cm³/mol. The Bertz CT molecular complexity index is 294. The van der Waals surface area contributed by atoms with E-state index >= 15 is 0 Å². The van der Waals surface area contributed by atoms with Crippen LogP contribution in [0, 0.1) is 6.57 Å². The van der Waals surface area contributed by atoms with Crippen LogP contribution < -0.4 is 0 Å². The Hall–Kier alpha value is -1.56. The summed E-state index contributed by atoms with van der Waals surface area (Å²) < 4.78 is 0. The highest BCUT2D eigenvalue weighted by molar-refractivity contribution is 5.67. The molecular formula is C9H9NO2. The number of hydrogen-bond donors (Lipinski definition) is 1. The third kappa shape index (κ3) is 2.24. The van der Waals surface area contributed by atoms with Gasteiger partial charge in [0.25, 0.3) is 0 Å². The van der Waals surface area contributed by atoms with E-state index in [0.29, 0.717) is 18.5 Å². The molecule has 0 aromatic carbocycles. The van der Waals surface area contributed by atoms with Crippen molar-refractivity contribution in [1.29, 1.82) is 0 Å². The summed E-state index contributed by atoms with van der Waals surface area (Å²) in [7, 11) is 0. The number of allylic oxidation sites excluding steroid dienone is 3. The van der Waals surface area contributed by atoms with Crippen LogP contribution in [0.3, 0.4) is 0 Å². The largest absolute Gasteiger partial charge is 0.481 e. The molecule has 0 saturated carbocycles. The second kappa shape index (κ2) is 3.72. The fourth-order valence-corrected chi connectivity index (χ4v) is 1.08. The molecule has 12 heavy (non-hydrogen) atoms. The van der Waals surface area contributed by atoms with Crippen LogP contribution in [-0.4, -0.2) is 11.1 Å². The summed E-state index contributed by atoms with van der Waals surface area (Å²) in [6.45, 7) is 6.71. The van der Waals surface area contributed by atoms with E-state index in [9.17, 15) is 4.79 Å². The molecule has 0 aromatic rings. The maximum atomic E-state index is 10.2. The fourth-order valence-electron chi connectivity index (χ4n) is 1.08. The lowest BCUT2D eigenvalue weighted by Crippen LogP contribution is -1.94. The number of rotatable bonds is 3. The zero-order chi connectivity index (χ0) is 8.97. The maximum Gasteiger partial charge on any atom is 0.303 e. The predicted octanol–water partition coefficient (Wildman–Crippen LogP) is 1.98. The smallest absolute Gasteiger partial charge is 0.303 e. The van der Waals surface area contributed by atoms with Gasteiger partial charge in [0.15, 0.2) is 5.70 Å². The molecule has 1 aliphatic rings. The first kappa shape index (κ1) is 8.54. The number of hydrogen-bond acceptors (Lipinski definition) is 1. The van der Waals surface area contributed by atoms with E-state index in [1.165, 1.54) is 0 Å². The van der Waals surface area contributed by atoms with Gasteiger partial charge < -0.3 is 5.11 Å². The molecular weight excluding hydrogens is 154 g/mol. The summed E-state index contributed by atoms with van der Waals surface area (Å²) in [5.74, 6) is -0.785. The molecule has 0 radical (unpaired) electrons. The van der Waals surface area contributed by atoms with Crippen molar-refractivity contribution in [2.75, 3.05) is 0 Å². The highest BCUT2D eigenvalue weighted by Gasteiger charge is 2.09. The van der Waals surface area contributed by atoms with Gasteiger partial charge in [0.1, 0.15) is 0 Å². The molecule has 0 spiro atoms. The van der Waals surface area contributed by atoms with Crippen LogP contribution in [0.4, 0.5) is 0 Å². The second-order valence-electron chi connectivity index (χ2n) is 2.67. The van der Waals surface area contributed by atoms with E-state index in [2.05, 4.69) is 4.85 Å². The lowest BCUT2D eigenvalue weighted by molar-refractivity contribution is -0.136. The van der Waals surface area contributed by atoms with E-state index in [4.69, 9.17) is 11.7 Å². The zero-order valence-electron chi connectivity index (χ0n) is 6.58. The van der Waals surface area contributed by atoms with Crippen molar-refractivity contribution >= 4 is 5.97 Å². The van der Waals surface area contributed by atoms with Crippen LogP contribution in [-0.2, 0) is 4.79 Å². The second-order valence-corrected chi connectivity index (χ2v) is 2.67. The van der Waals surface area contributed by atoms with Gasteiger partial charge in [0.05, 0.1) is 6.57 Å². The van der Waals surface area contributed by atoms with Gasteiger partial charge in [0, 0.05) is 12.8 Å². The van der Waals surface area contributed by atoms with Crippen molar-refractivity contribution in [3.63, 3.8) is 0 Å². The van der Waals surface area contributed by atoms with Crippen LogP contribution in [0.5, 0.6) is 0 Å². The topological polar surface area (TPSA) is 41.7 Å². The average molecular weight is 163 g/mol. The SMILES string of the molecule is [C-]#[N+]C1=CC=C(CCC(=O)O)C1. The minimum Gasteiger partial charge on any atom is -0.481 e. The lowest BCUT2D eigenvalue weighted by atomic mass is 10.1. The van der Waals surface area contributed by atoms with Gasteiger partial charge in [-0.1, -0.05) is 17.7 Å². The third-order valence-electron chi connectivity index (χ3n) is 1.72. The van der Waals surface area contributed by atoms with E-state index in [-0.39, 0.29) is 6.42 Å². The minimum atomic E-state index is -0.785. The van der Waals surface area contributed by atoms with Crippen molar-refractivity contribution < 1.29 is 9.90 Å². The van der Waals surface area contributed by atoms with Crippen molar-refractivity contribution in [1.82, 2.24) is 0 Å². The molecule has 0 saturated heterocycles. The minimum absolute atomic E-state index is 0.158. The van der Waals surface area contributed by atoms with Crippen LogP contribution >= 0.6 is 0 Å². The Morgan fingerprint density at radius 1 is 1.67 bits per heavy atom. The zero-order valence-corrected chi connectivity index (χ0v) is 6.58. The van der Waals surface area contributed by atoms with E-state index < -0.39 is 5.97 Å². The molecule has 0 atom stereocenters. The van der Waals surface area contributed by atoms with Gasteiger partial charge in [-0.2, -0.15) is 0 Å². The first-order valence-electron chi connectivity index (χ1n) is 3.70. The van der Waals surface area contributed by atoms with Gasteiger partial charge in [-0.25, -0.2) is 4.85 Å². The van der Waals surface area contributed by atoms with Gasteiger partial charge >= 0.3 is 5.97 Å². The quantitative estimate of drug-likeness (QED) is 0.646. The van der Waals surface area contributed by atoms with Gasteiger partial charge in [-0.15, -0.1) is 0 Å². The molecule has 0 fully saturated rings. The molecule has 0 aliphatic heterocycles. The summed E-state index contributed by atoms with van der Waals surface area (Å²) in [5, 5.41) is 8.39. The highest BCUT2D eigenvalue weighted by atomic mass is 16.4. The Morgan fingerprint density at radius 3 is 2.92 bits per heavy atom. The summed E-state index contributed by atoms with van der Waals surface area (Å²) in [5.41, 5.74) is 1.75. The normalized spacial score (nSPS) is 14.9. The Kier molecular flexibility index (Phi) is 2.65. The van der Waals surface area contributed by atoms with Crippen LogP contribution in [0.15, 0.2) is 23.4 Å². The number of nitrogens with zero attached hydrogens (tertiary/aromatic N) is 1. The summed E-state index contributed by atoms with van der Waals surface area (Å²) >= 11 is 0. The van der Waals surface area contributed by atoms with Crippen molar-refractivity contribution in [2.24, 2.45) is 0 Å². The molecule has 62 valence electrons. The first-order chi connectivity index (χ1) is 5.72. The summed E-state index contributed by atoms with van der Waals surface area (Å²) in [6, 6.07) is 0. The van der Waals surface area contributed by atoms with Gasteiger partial charge in [-0.05, 0) is 6.42 Å². The standard InChI is InChI=1S/C9H9NO2/c1-10-8-4-2-7(6-8)3-5-9(11)12/h2,4H,3,5-6H2,(H,11,12). The molecule has 0 bridgehead atoms. The summed E-state index contributed by atoms with van der Waals surface area (Å²) in [4.78, 5) is 13.5. The average Bonchev–Trinajstić information content (AvgIpc) is 2.48. The van der Waals surface area contributed by atoms with Crippen molar-refractivity contribution in [3.05, 3.63) is 34.8 Å². The molecule has 0 aromatic heterocycles. The molecule has 0 heterocycles. The highest BCUT2D eigenvalue weighted by Crippen LogP contribution is 2.23. The van der Waals surface area contributed by atoms with E-state index in [1.54, 1.807) is 6.08 Å². The molecule has 1 N–H and O–H groups in total. The number of carboxylic acid groups (broad SMARTS) is 1. The Labute approximate surface area is 70.8 Å². The molecule has 3 heteroatoms. The van der Waals surface area contributed by atoms with E-state index in [0.717, 1.165) is 5.57 Å². The molecule has 3 nitrogen and oxygen atoms in total. The number of carbonyl (C=O) groups is 1. The summed E-state index contributed by atoms with van der Waals surface area (Å²) in [6.07, 6.45) is 4.95. The van der Waals surface area contributed by atoms with Crippen LogP contribution in [0.2, 0.25) is 0 Å². The molecule has 1 aliphatic carbocycles. The van der Waals surface area contributed by atoms with Gasteiger partial charge in [-0.3, -0.25) is 4.79 Å². The molecule has 1 rings (SSSR count). The third-order valence-corrected chi connectivity index (χ3v) is 1.72. The van der Waals surface area contributed by atoms with Crippen molar-refractivity contribution in [2.45, 2.75) is 19.3 Å². The van der Waals surface area contributed by atoms with Crippen LogP contribution in [0.1, 0.15) is 19.3 Å². The Balaban J connectivity index is 2.33. The number of aliphatic carboxylic acids is 1. The van der Waals surface area contributed by atoms with Crippen LogP contribution in [0.25, 0.3) is 4.85 Å². The maximum absolute atomic E-state index is 10.2. The number of carboxylic acids is 1.